The number of nitro groups is 1. The molecule has 8 heteroatoms. The molecule has 0 aliphatic carbocycles. The standard InChI is InChI=1S/C21H21ClN4O3/c1-13(18-6-4-5-7-19(18)22)23-21(27)17-10-8-16(9-11-17)12-25-15(3)20(26(28)29)14(2)24-25/h4-11,13H,12H2,1-3H3,(H,23,27). The van der Waals surface area contributed by atoms with Gasteiger partial charge in [0.05, 0.1) is 17.5 Å². The van der Waals surface area contributed by atoms with Crippen molar-refractivity contribution in [2.75, 3.05) is 0 Å². The Balaban J connectivity index is 1.70. The predicted molar refractivity (Wildman–Crippen MR) is 111 cm³/mol. The number of benzene rings is 2. The molecular weight excluding hydrogens is 392 g/mol. The number of nitrogens with one attached hydrogen (secondary N) is 1. The molecule has 29 heavy (non-hydrogen) atoms. The van der Waals surface area contributed by atoms with Crippen molar-refractivity contribution in [1.82, 2.24) is 15.1 Å². The number of hydrogen-bond acceptors (Lipinski definition) is 4. The van der Waals surface area contributed by atoms with E-state index in [1.165, 1.54) is 0 Å². The fraction of sp³-hybridized carbons (Fsp3) is 0.238. The summed E-state index contributed by atoms with van der Waals surface area (Å²) in [6.07, 6.45) is 0. The van der Waals surface area contributed by atoms with Crippen molar-refractivity contribution in [3.63, 3.8) is 0 Å². The van der Waals surface area contributed by atoms with Gasteiger partial charge in [-0.25, -0.2) is 0 Å². The summed E-state index contributed by atoms with van der Waals surface area (Å²) in [5, 5.41) is 18.9. The normalized spacial score (nSPS) is 11.9. The minimum atomic E-state index is -0.415. The van der Waals surface area contributed by atoms with Gasteiger partial charge in [-0.2, -0.15) is 5.10 Å². The van der Waals surface area contributed by atoms with E-state index in [1.807, 2.05) is 37.3 Å². The number of hydrogen-bond donors (Lipinski definition) is 1. The van der Waals surface area contributed by atoms with Crippen LogP contribution in [-0.4, -0.2) is 20.6 Å². The molecule has 7 nitrogen and oxygen atoms in total. The number of aromatic nitrogens is 2. The first-order chi connectivity index (χ1) is 13.8. The molecule has 0 saturated carbocycles. The van der Waals surface area contributed by atoms with Crippen LogP contribution in [0, 0.1) is 24.0 Å². The van der Waals surface area contributed by atoms with Crippen LogP contribution in [0.25, 0.3) is 0 Å². The van der Waals surface area contributed by atoms with Crippen LogP contribution in [0.5, 0.6) is 0 Å². The third-order valence-corrected chi connectivity index (χ3v) is 5.14. The molecule has 2 aromatic carbocycles. The average Bonchev–Trinajstić information content (AvgIpc) is 2.95. The van der Waals surface area contributed by atoms with E-state index in [9.17, 15) is 14.9 Å². The Hall–Kier alpha value is -3.19. The summed E-state index contributed by atoms with van der Waals surface area (Å²) >= 11 is 6.19. The number of aryl methyl sites for hydroxylation is 1. The molecule has 0 spiro atoms. The topological polar surface area (TPSA) is 90.1 Å². The molecule has 1 N–H and O–H groups in total. The maximum absolute atomic E-state index is 12.5. The van der Waals surface area contributed by atoms with Crippen LogP contribution in [0.15, 0.2) is 48.5 Å². The Morgan fingerprint density at radius 1 is 1.21 bits per heavy atom. The average molecular weight is 413 g/mol. The largest absolute Gasteiger partial charge is 0.345 e. The van der Waals surface area contributed by atoms with Crippen molar-refractivity contribution in [2.24, 2.45) is 0 Å². The first-order valence-electron chi connectivity index (χ1n) is 9.10. The first-order valence-corrected chi connectivity index (χ1v) is 9.48. The highest BCUT2D eigenvalue weighted by Crippen LogP contribution is 2.24. The van der Waals surface area contributed by atoms with Gasteiger partial charge in [0.15, 0.2) is 0 Å². The summed E-state index contributed by atoms with van der Waals surface area (Å²) < 4.78 is 1.60. The second-order valence-corrected chi connectivity index (χ2v) is 7.25. The minimum absolute atomic E-state index is 0.0366. The van der Waals surface area contributed by atoms with Gasteiger partial charge in [-0.05, 0) is 50.1 Å². The zero-order valence-corrected chi connectivity index (χ0v) is 17.1. The Kier molecular flexibility index (Phi) is 5.98. The van der Waals surface area contributed by atoms with Crippen molar-refractivity contribution in [2.45, 2.75) is 33.4 Å². The molecule has 150 valence electrons. The highest BCUT2D eigenvalue weighted by molar-refractivity contribution is 6.31. The first kappa shape index (κ1) is 20.5. The molecule has 1 amide bonds. The van der Waals surface area contributed by atoms with Crippen molar-refractivity contribution in [3.8, 4) is 0 Å². The Bertz CT molecular complexity index is 1060. The molecule has 3 rings (SSSR count). The van der Waals surface area contributed by atoms with Crippen LogP contribution in [-0.2, 0) is 6.54 Å². The van der Waals surface area contributed by atoms with E-state index >= 15 is 0 Å². The molecule has 3 aromatic rings. The SMILES string of the molecule is Cc1nn(Cc2ccc(C(=O)NC(C)c3ccccc3Cl)cc2)c(C)c1[N+](=O)[O-]. The van der Waals surface area contributed by atoms with Gasteiger partial charge < -0.3 is 5.32 Å². The van der Waals surface area contributed by atoms with Gasteiger partial charge in [0.2, 0.25) is 0 Å². The number of amides is 1. The summed E-state index contributed by atoms with van der Waals surface area (Å²) in [5.41, 5.74) is 3.19. The van der Waals surface area contributed by atoms with E-state index in [2.05, 4.69) is 10.4 Å². The summed E-state index contributed by atoms with van der Waals surface area (Å²) in [6.45, 7) is 5.56. The van der Waals surface area contributed by atoms with Gasteiger partial charge in [-0.3, -0.25) is 19.6 Å². The van der Waals surface area contributed by atoms with Crippen LogP contribution >= 0.6 is 11.6 Å². The fourth-order valence-electron chi connectivity index (χ4n) is 3.22. The van der Waals surface area contributed by atoms with Crippen molar-refractivity contribution >= 4 is 23.2 Å². The maximum Gasteiger partial charge on any atom is 0.312 e. The van der Waals surface area contributed by atoms with Crippen LogP contribution in [0.3, 0.4) is 0 Å². The van der Waals surface area contributed by atoms with Gasteiger partial charge in [-0.1, -0.05) is 41.9 Å². The maximum atomic E-state index is 12.5. The molecule has 1 unspecified atom stereocenters. The summed E-state index contributed by atoms with van der Waals surface area (Å²) in [4.78, 5) is 23.3. The predicted octanol–water partition coefficient (Wildman–Crippen LogP) is 4.60. The third kappa shape index (κ3) is 4.46. The summed E-state index contributed by atoms with van der Waals surface area (Å²) in [5.74, 6) is -0.203. The van der Waals surface area contributed by atoms with E-state index in [4.69, 9.17) is 11.6 Å². The van der Waals surface area contributed by atoms with Crippen molar-refractivity contribution in [1.29, 1.82) is 0 Å². The third-order valence-electron chi connectivity index (χ3n) is 4.79. The molecule has 0 bridgehead atoms. The summed E-state index contributed by atoms with van der Waals surface area (Å²) in [6, 6.07) is 14.2. The Morgan fingerprint density at radius 3 is 2.45 bits per heavy atom. The zero-order valence-electron chi connectivity index (χ0n) is 16.3. The van der Waals surface area contributed by atoms with Gasteiger partial charge >= 0.3 is 5.69 Å². The van der Waals surface area contributed by atoms with Gasteiger partial charge in [0, 0.05) is 10.6 Å². The lowest BCUT2D eigenvalue weighted by molar-refractivity contribution is -0.386. The van der Waals surface area contributed by atoms with Crippen LogP contribution in [0.2, 0.25) is 5.02 Å². The van der Waals surface area contributed by atoms with Crippen molar-refractivity contribution in [3.05, 3.63) is 91.7 Å². The molecule has 1 heterocycles. The zero-order chi connectivity index (χ0) is 21.1. The molecule has 1 atom stereocenters. The molecular formula is C21H21ClN4O3. The lowest BCUT2D eigenvalue weighted by Crippen LogP contribution is -2.26. The minimum Gasteiger partial charge on any atom is -0.345 e. The van der Waals surface area contributed by atoms with Crippen LogP contribution < -0.4 is 5.32 Å². The monoisotopic (exact) mass is 412 g/mol. The van der Waals surface area contributed by atoms with Gasteiger partial charge in [0.1, 0.15) is 11.4 Å². The Morgan fingerprint density at radius 2 is 1.86 bits per heavy atom. The smallest absolute Gasteiger partial charge is 0.312 e. The molecule has 0 radical (unpaired) electrons. The summed E-state index contributed by atoms with van der Waals surface area (Å²) in [7, 11) is 0. The molecule has 0 saturated heterocycles. The van der Waals surface area contributed by atoms with Gasteiger partial charge in [0.25, 0.3) is 5.91 Å². The van der Waals surface area contributed by atoms with Crippen LogP contribution in [0.1, 0.15) is 45.8 Å². The van der Waals surface area contributed by atoms with E-state index in [0.717, 1.165) is 11.1 Å². The number of nitrogens with zero attached hydrogens (tertiary/aromatic N) is 3. The lowest BCUT2D eigenvalue weighted by atomic mass is 10.1. The quantitative estimate of drug-likeness (QED) is 0.473. The second kappa shape index (κ2) is 8.45. The highest BCUT2D eigenvalue weighted by Gasteiger charge is 2.21. The number of carbonyl (C=O) groups is 1. The fourth-order valence-corrected chi connectivity index (χ4v) is 3.52. The van der Waals surface area contributed by atoms with E-state index in [1.54, 1.807) is 36.7 Å². The number of carbonyl (C=O) groups excluding carboxylic acids is 1. The van der Waals surface area contributed by atoms with Gasteiger partial charge in [-0.15, -0.1) is 0 Å². The molecule has 0 aliphatic rings. The molecule has 0 fully saturated rings. The van der Waals surface area contributed by atoms with Crippen LogP contribution in [0.4, 0.5) is 5.69 Å². The van der Waals surface area contributed by atoms with E-state index in [-0.39, 0.29) is 17.6 Å². The van der Waals surface area contributed by atoms with E-state index in [0.29, 0.717) is 28.5 Å². The highest BCUT2D eigenvalue weighted by atomic mass is 35.5. The molecule has 0 aliphatic heterocycles. The lowest BCUT2D eigenvalue weighted by Gasteiger charge is -2.16. The second-order valence-electron chi connectivity index (χ2n) is 6.85. The van der Waals surface area contributed by atoms with E-state index < -0.39 is 4.92 Å². The molecule has 1 aromatic heterocycles. The number of rotatable bonds is 6. The van der Waals surface area contributed by atoms with Crippen molar-refractivity contribution < 1.29 is 9.72 Å². The number of halogens is 1. The Labute approximate surface area is 173 Å².